The molecule has 0 bridgehead atoms. The van der Waals surface area contributed by atoms with E-state index < -0.39 is 0 Å². The Morgan fingerprint density at radius 2 is 1.96 bits per heavy atom. The Balaban J connectivity index is 1.46. The SMILES string of the molecule is O=C(NC(Cc1ccccc1)C1CCNCC1)c1cc(C2CC2)on1. The molecule has 1 unspecified atom stereocenters. The first-order chi connectivity index (χ1) is 12.3. The molecule has 1 aromatic carbocycles. The Hall–Kier alpha value is -2.14. The second-order valence-electron chi connectivity index (χ2n) is 7.25. The van der Waals surface area contributed by atoms with Crippen LogP contribution in [0.15, 0.2) is 40.9 Å². The van der Waals surface area contributed by atoms with Crippen LogP contribution in [0, 0.1) is 5.92 Å². The molecule has 1 saturated carbocycles. The quantitative estimate of drug-likeness (QED) is 0.849. The van der Waals surface area contributed by atoms with Crippen LogP contribution >= 0.6 is 0 Å². The topological polar surface area (TPSA) is 67.2 Å². The van der Waals surface area contributed by atoms with Crippen molar-refractivity contribution in [1.29, 1.82) is 0 Å². The van der Waals surface area contributed by atoms with Gasteiger partial charge in [-0.15, -0.1) is 0 Å². The highest BCUT2D eigenvalue weighted by molar-refractivity contribution is 5.92. The van der Waals surface area contributed by atoms with Crippen LogP contribution in [-0.2, 0) is 6.42 Å². The van der Waals surface area contributed by atoms with Crippen molar-refractivity contribution in [2.24, 2.45) is 5.92 Å². The van der Waals surface area contributed by atoms with Crippen LogP contribution in [0.1, 0.15) is 53.4 Å². The monoisotopic (exact) mass is 339 g/mol. The number of hydrogen-bond donors (Lipinski definition) is 2. The normalized spacial score (nSPS) is 19.5. The van der Waals surface area contributed by atoms with Crippen LogP contribution in [0.25, 0.3) is 0 Å². The third kappa shape index (κ3) is 4.10. The van der Waals surface area contributed by atoms with Gasteiger partial charge in [0.1, 0.15) is 5.76 Å². The van der Waals surface area contributed by atoms with E-state index in [0.29, 0.717) is 17.5 Å². The van der Waals surface area contributed by atoms with E-state index in [-0.39, 0.29) is 11.9 Å². The highest BCUT2D eigenvalue weighted by Gasteiger charge is 2.30. The van der Waals surface area contributed by atoms with Crippen molar-refractivity contribution in [2.75, 3.05) is 13.1 Å². The van der Waals surface area contributed by atoms with Gasteiger partial charge in [0, 0.05) is 18.0 Å². The molecule has 2 heterocycles. The number of carbonyl (C=O) groups is 1. The fourth-order valence-electron chi connectivity index (χ4n) is 3.65. The molecule has 4 rings (SSSR count). The second kappa shape index (κ2) is 7.40. The van der Waals surface area contributed by atoms with E-state index in [1.54, 1.807) is 0 Å². The van der Waals surface area contributed by atoms with Gasteiger partial charge in [-0.25, -0.2) is 0 Å². The minimum absolute atomic E-state index is 0.116. The molecule has 2 N–H and O–H groups in total. The molecule has 2 aliphatic rings. The van der Waals surface area contributed by atoms with E-state index in [0.717, 1.165) is 51.0 Å². The van der Waals surface area contributed by atoms with Crippen molar-refractivity contribution in [3.8, 4) is 0 Å². The molecule has 0 radical (unpaired) electrons. The summed E-state index contributed by atoms with van der Waals surface area (Å²) in [5.41, 5.74) is 1.67. The van der Waals surface area contributed by atoms with Gasteiger partial charge in [0.05, 0.1) is 0 Å². The molecule has 1 atom stereocenters. The van der Waals surface area contributed by atoms with Crippen LogP contribution in [0.5, 0.6) is 0 Å². The molecule has 5 heteroatoms. The molecule has 2 aromatic rings. The lowest BCUT2D eigenvalue weighted by molar-refractivity contribution is 0.0905. The average Bonchev–Trinajstić information content (AvgIpc) is 3.39. The molecule has 1 aliphatic carbocycles. The third-order valence-corrected chi connectivity index (χ3v) is 5.31. The number of aromatic nitrogens is 1. The van der Waals surface area contributed by atoms with Crippen LogP contribution < -0.4 is 10.6 Å². The summed E-state index contributed by atoms with van der Waals surface area (Å²) in [6.07, 6.45) is 5.31. The molecular weight excluding hydrogens is 314 g/mol. The standard InChI is InChI=1S/C20H25N3O2/c24-20(18-13-19(25-23-18)16-6-7-16)22-17(15-8-10-21-11-9-15)12-14-4-2-1-3-5-14/h1-5,13,15-17,21H,6-12H2,(H,22,24). The van der Waals surface area contributed by atoms with E-state index in [1.807, 2.05) is 12.1 Å². The fourth-order valence-corrected chi connectivity index (χ4v) is 3.65. The van der Waals surface area contributed by atoms with Gasteiger partial charge in [0.2, 0.25) is 0 Å². The predicted molar refractivity (Wildman–Crippen MR) is 95.5 cm³/mol. The van der Waals surface area contributed by atoms with E-state index in [9.17, 15) is 4.79 Å². The molecule has 1 aliphatic heterocycles. The number of nitrogens with zero attached hydrogens (tertiary/aromatic N) is 1. The Kier molecular flexibility index (Phi) is 4.83. The maximum atomic E-state index is 12.7. The Morgan fingerprint density at radius 1 is 1.20 bits per heavy atom. The summed E-state index contributed by atoms with van der Waals surface area (Å²) < 4.78 is 5.33. The van der Waals surface area contributed by atoms with Crippen molar-refractivity contribution in [2.45, 2.75) is 44.1 Å². The number of rotatable bonds is 6. The van der Waals surface area contributed by atoms with Crippen LogP contribution in [0.2, 0.25) is 0 Å². The van der Waals surface area contributed by atoms with E-state index in [4.69, 9.17) is 4.52 Å². The van der Waals surface area contributed by atoms with Gasteiger partial charge in [-0.3, -0.25) is 4.79 Å². The molecule has 132 valence electrons. The summed E-state index contributed by atoms with van der Waals surface area (Å²) in [5.74, 6) is 1.69. The smallest absolute Gasteiger partial charge is 0.273 e. The Labute approximate surface area is 148 Å². The summed E-state index contributed by atoms with van der Waals surface area (Å²) >= 11 is 0. The largest absolute Gasteiger partial charge is 0.360 e. The van der Waals surface area contributed by atoms with Gasteiger partial charge in [-0.05, 0) is 56.7 Å². The number of carbonyl (C=O) groups excluding carboxylic acids is 1. The van der Waals surface area contributed by atoms with Gasteiger partial charge in [-0.2, -0.15) is 0 Å². The minimum Gasteiger partial charge on any atom is -0.360 e. The van der Waals surface area contributed by atoms with Gasteiger partial charge in [0.15, 0.2) is 5.69 Å². The third-order valence-electron chi connectivity index (χ3n) is 5.31. The molecular formula is C20H25N3O2. The lowest BCUT2D eigenvalue weighted by atomic mass is 9.86. The zero-order chi connectivity index (χ0) is 17.1. The maximum Gasteiger partial charge on any atom is 0.273 e. The summed E-state index contributed by atoms with van der Waals surface area (Å²) in [7, 11) is 0. The van der Waals surface area contributed by atoms with Gasteiger partial charge >= 0.3 is 0 Å². The number of amides is 1. The Bertz CT molecular complexity index is 703. The number of piperidine rings is 1. The predicted octanol–water partition coefficient (Wildman–Crippen LogP) is 2.89. The highest BCUT2D eigenvalue weighted by Crippen LogP contribution is 2.40. The maximum absolute atomic E-state index is 12.7. The lowest BCUT2D eigenvalue weighted by Crippen LogP contribution is -2.45. The van der Waals surface area contributed by atoms with Gasteiger partial charge in [0.25, 0.3) is 5.91 Å². The summed E-state index contributed by atoms with van der Waals surface area (Å²) in [6, 6.07) is 12.3. The van der Waals surface area contributed by atoms with Crippen molar-refractivity contribution in [1.82, 2.24) is 15.8 Å². The zero-order valence-electron chi connectivity index (χ0n) is 14.4. The van der Waals surface area contributed by atoms with Crippen LogP contribution in [0.3, 0.4) is 0 Å². The van der Waals surface area contributed by atoms with Crippen molar-refractivity contribution in [3.05, 3.63) is 53.4 Å². The lowest BCUT2D eigenvalue weighted by Gasteiger charge is -2.31. The van der Waals surface area contributed by atoms with Gasteiger partial charge in [-0.1, -0.05) is 35.5 Å². The summed E-state index contributed by atoms with van der Waals surface area (Å²) in [5, 5.41) is 10.6. The fraction of sp³-hybridized carbons (Fsp3) is 0.500. The first-order valence-electron chi connectivity index (χ1n) is 9.32. The highest BCUT2D eigenvalue weighted by atomic mass is 16.5. The van der Waals surface area contributed by atoms with Gasteiger partial charge < -0.3 is 15.2 Å². The number of hydrogen-bond acceptors (Lipinski definition) is 4. The molecule has 2 fully saturated rings. The summed E-state index contributed by atoms with van der Waals surface area (Å²) in [4.78, 5) is 12.7. The van der Waals surface area contributed by atoms with E-state index in [2.05, 4.69) is 40.1 Å². The average molecular weight is 339 g/mol. The zero-order valence-corrected chi connectivity index (χ0v) is 14.4. The van der Waals surface area contributed by atoms with Crippen molar-refractivity contribution >= 4 is 5.91 Å². The van der Waals surface area contributed by atoms with Crippen LogP contribution in [0.4, 0.5) is 0 Å². The molecule has 1 aromatic heterocycles. The number of nitrogens with one attached hydrogen (secondary N) is 2. The molecule has 1 saturated heterocycles. The molecule has 5 nitrogen and oxygen atoms in total. The van der Waals surface area contributed by atoms with Crippen molar-refractivity contribution < 1.29 is 9.32 Å². The van der Waals surface area contributed by atoms with Crippen molar-refractivity contribution in [3.63, 3.8) is 0 Å². The van der Waals surface area contributed by atoms with E-state index >= 15 is 0 Å². The van der Waals surface area contributed by atoms with E-state index in [1.165, 1.54) is 5.56 Å². The van der Waals surface area contributed by atoms with Crippen LogP contribution in [-0.4, -0.2) is 30.2 Å². The minimum atomic E-state index is -0.116. The molecule has 0 spiro atoms. The number of benzene rings is 1. The first kappa shape index (κ1) is 16.3. The first-order valence-corrected chi connectivity index (χ1v) is 9.32. The summed E-state index contributed by atoms with van der Waals surface area (Å²) in [6.45, 7) is 2.03. The second-order valence-corrected chi connectivity index (χ2v) is 7.25. The Morgan fingerprint density at radius 3 is 2.68 bits per heavy atom. The molecule has 1 amide bonds. The molecule has 25 heavy (non-hydrogen) atoms.